The number of hydrogen-bond donors (Lipinski definition) is 1. The van der Waals surface area contributed by atoms with Crippen LogP contribution in [0.25, 0.3) is 11.0 Å². The van der Waals surface area contributed by atoms with E-state index in [9.17, 15) is 9.59 Å². The maximum atomic E-state index is 13.6. The van der Waals surface area contributed by atoms with E-state index in [1.807, 2.05) is 41.8 Å². The van der Waals surface area contributed by atoms with Gasteiger partial charge >= 0.3 is 0 Å². The van der Waals surface area contributed by atoms with Crippen LogP contribution in [-0.2, 0) is 16.1 Å². The molecule has 2 amide bonds. The number of benzene rings is 1. The van der Waals surface area contributed by atoms with Crippen LogP contribution >= 0.6 is 11.3 Å². The molecule has 1 saturated carbocycles. The summed E-state index contributed by atoms with van der Waals surface area (Å²) >= 11 is 1.52. The number of aromatic nitrogens is 3. The summed E-state index contributed by atoms with van der Waals surface area (Å²) in [7, 11) is 0. The fraction of sp³-hybridized carbons (Fsp3) is 0.500. The van der Waals surface area contributed by atoms with Gasteiger partial charge in [-0.25, -0.2) is 4.68 Å². The number of fused-ring (bicyclic) bond motifs is 1. The van der Waals surface area contributed by atoms with E-state index in [2.05, 4.69) is 22.6 Å². The van der Waals surface area contributed by atoms with Gasteiger partial charge in [0, 0.05) is 17.5 Å². The number of nitrogens with zero attached hydrogens (tertiary/aromatic N) is 4. The summed E-state index contributed by atoms with van der Waals surface area (Å²) in [6, 6.07) is 11.1. The fourth-order valence-electron chi connectivity index (χ4n) is 4.38. The standard InChI is InChI=1S/C24H31N5O2S/c1-2-3-15-28(22(30)17-29-20-13-8-7-12-19(20)26-27-29)23(21-14-9-16-32-21)24(31)25-18-10-5-4-6-11-18/h7-9,12-14,16,18,23H,2-6,10-11,15,17H2,1H3,(H,25,31)/t23-/m1/s1. The number of para-hydroxylation sites is 1. The van der Waals surface area contributed by atoms with Gasteiger partial charge in [0.1, 0.15) is 18.1 Å². The Morgan fingerprint density at radius 1 is 1.19 bits per heavy atom. The quantitative estimate of drug-likeness (QED) is 0.523. The van der Waals surface area contributed by atoms with Crippen LogP contribution in [0.4, 0.5) is 0 Å². The molecule has 0 spiro atoms. The molecular weight excluding hydrogens is 422 g/mol. The van der Waals surface area contributed by atoms with Gasteiger partial charge in [-0.15, -0.1) is 16.4 Å². The van der Waals surface area contributed by atoms with Crippen molar-refractivity contribution in [2.75, 3.05) is 6.54 Å². The van der Waals surface area contributed by atoms with E-state index < -0.39 is 6.04 Å². The van der Waals surface area contributed by atoms with Gasteiger partial charge in [0.25, 0.3) is 0 Å². The summed E-state index contributed by atoms with van der Waals surface area (Å²) in [6.45, 7) is 2.68. The van der Waals surface area contributed by atoms with Gasteiger partial charge in [0.05, 0.1) is 5.52 Å². The van der Waals surface area contributed by atoms with Crippen molar-refractivity contribution in [3.63, 3.8) is 0 Å². The van der Waals surface area contributed by atoms with Crippen LogP contribution in [0.15, 0.2) is 41.8 Å². The SMILES string of the molecule is CCCCN(C(=O)Cn1nnc2ccccc21)[C@@H](C(=O)NC1CCCCC1)c1cccs1. The van der Waals surface area contributed by atoms with Crippen molar-refractivity contribution in [2.45, 2.75) is 70.5 Å². The predicted molar refractivity (Wildman–Crippen MR) is 126 cm³/mol. The van der Waals surface area contributed by atoms with Crippen LogP contribution in [0.1, 0.15) is 62.8 Å². The Labute approximate surface area is 192 Å². The van der Waals surface area contributed by atoms with Gasteiger partial charge in [-0.3, -0.25) is 9.59 Å². The second kappa shape index (κ2) is 10.7. The van der Waals surface area contributed by atoms with E-state index in [1.54, 1.807) is 9.58 Å². The lowest BCUT2D eigenvalue weighted by atomic mass is 9.95. The minimum absolute atomic E-state index is 0.0583. The smallest absolute Gasteiger partial charge is 0.248 e. The van der Waals surface area contributed by atoms with Crippen molar-refractivity contribution in [1.82, 2.24) is 25.2 Å². The highest BCUT2D eigenvalue weighted by Crippen LogP contribution is 2.28. The maximum Gasteiger partial charge on any atom is 0.248 e. The van der Waals surface area contributed by atoms with E-state index in [1.165, 1.54) is 17.8 Å². The molecule has 1 fully saturated rings. The van der Waals surface area contributed by atoms with Gasteiger partial charge in [0.15, 0.2) is 0 Å². The zero-order chi connectivity index (χ0) is 22.3. The molecule has 1 aliphatic rings. The highest BCUT2D eigenvalue weighted by atomic mass is 32.1. The Balaban J connectivity index is 1.59. The number of rotatable bonds is 9. The number of nitrogens with one attached hydrogen (secondary N) is 1. The molecule has 1 atom stereocenters. The van der Waals surface area contributed by atoms with Crippen LogP contribution in [0.3, 0.4) is 0 Å². The zero-order valence-electron chi connectivity index (χ0n) is 18.6. The Kier molecular flexibility index (Phi) is 7.52. The summed E-state index contributed by atoms with van der Waals surface area (Å²) < 4.78 is 1.63. The molecule has 1 aliphatic carbocycles. The first-order valence-electron chi connectivity index (χ1n) is 11.6. The molecule has 0 aliphatic heterocycles. The highest BCUT2D eigenvalue weighted by Gasteiger charge is 2.33. The van der Waals surface area contributed by atoms with Gasteiger partial charge in [-0.1, -0.05) is 56.0 Å². The van der Waals surface area contributed by atoms with Crippen molar-refractivity contribution in [3.8, 4) is 0 Å². The molecule has 2 aromatic heterocycles. The molecule has 8 heteroatoms. The minimum Gasteiger partial charge on any atom is -0.351 e. The van der Waals surface area contributed by atoms with E-state index >= 15 is 0 Å². The van der Waals surface area contributed by atoms with Crippen LogP contribution in [0.2, 0.25) is 0 Å². The number of hydrogen-bond acceptors (Lipinski definition) is 5. The Hall–Kier alpha value is -2.74. The number of unbranched alkanes of at least 4 members (excludes halogenated alkanes) is 1. The number of amides is 2. The summed E-state index contributed by atoms with van der Waals surface area (Å²) in [5, 5.41) is 13.6. The molecule has 0 bridgehead atoms. The first-order valence-corrected chi connectivity index (χ1v) is 12.5. The minimum atomic E-state index is -0.620. The number of carbonyl (C=O) groups excluding carboxylic acids is 2. The van der Waals surface area contributed by atoms with E-state index in [4.69, 9.17) is 0 Å². The molecule has 0 saturated heterocycles. The molecule has 0 unspecified atom stereocenters. The highest BCUT2D eigenvalue weighted by molar-refractivity contribution is 7.10. The largest absolute Gasteiger partial charge is 0.351 e. The average Bonchev–Trinajstić information content (AvgIpc) is 3.48. The Morgan fingerprint density at radius 2 is 2.00 bits per heavy atom. The third kappa shape index (κ3) is 5.18. The topological polar surface area (TPSA) is 80.1 Å². The maximum absolute atomic E-state index is 13.6. The summed E-state index contributed by atoms with van der Waals surface area (Å²) in [4.78, 5) is 29.7. The van der Waals surface area contributed by atoms with Crippen molar-refractivity contribution < 1.29 is 9.59 Å². The normalized spacial score (nSPS) is 15.5. The van der Waals surface area contributed by atoms with Crippen molar-refractivity contribution in [1.29, 1.82) is 0 Å². The predicted octanol–water partition coefficient (Wildman–Crippen LogP) is 4.31. The molecule has 4 rings (SSSR count). The van der Waals surface area contributed by atoms with Crippen LogP contribution in [-0.4, -0.2) is 44.3 Å². The van der Waals surface area contributed by atoms with E-state index in [-0.39, 0.29) is 24.4 Å². The summed E-state index contributed by atoms with van der Waals surface area (Å²) in [6.07, 6.45) is 7.32. The second-order valence-electron chi connectivity index (χ2n) is 8.44. The summed E-state index contributed by atoms with van der Waals surface area (Å²) in [5.41, 5.74) is 1.57. The van der Waals surface area contributed by atoms with Gasteiger partial charge < -0.3 is 10.2 Å². The zero-order valence-corrected chi connectivity index (χ0v) is 19.4. The van der Waals surface area contributed by atoms with Crippen molar-refractivity contribution >= 4 is 34.2 Å². The molecule has 1 N–H and O–H groups in total. The Bertz CT molecular complexity index is 1030. The number of carbonyl (C=O) groups is 2. The van der Waals surface area contributed by atoms with Gasteiger partial charge in [0.2, 0.25) is 11.8 Å². The van der Waals surface area contributed by atoms with Crippen LogP contribution in [0, 0.1) is 0 Å². The molecule has 32 heavy (non-hydrogen) atoms. The second-order valence-corrected chi connectivity index (χ2v) is 9.42. The van der Waals surface area contributed by atoms with E-state index in [0.29, 0.717) is 6.54 Å². The lowest BCUT2D eigenvalue weighted by Gasteiger charge is -2.32. The fourth-order valence-corrected chi connectivity index (χ4v) is 5.21. The molecule has 7 nitrogen and oxygen atoms in total. The van der Waals surface area contributed by atoms with Crippen LogP contribution < -0.4 is 5.32 Å². The molecule has 170 valence electrons. The third-order valence-electron chi connectivity index (χ3n) is 6.10. The lowest BCUT2D eigenvalue weighted by molar-refractivity contribution is -0.141. The first-order chi connectivity index (χ1) is 15.7. The van der Waals surface area contributed by atoms with Gasteiger partial charge in [-0.2, -0.15) is 0 Å². The molecule has 0 radical (unpaired) electrons. The summed E-state index contributed by atoms with van der Waals surface area (Å²) in [5.74, 6) is -0.196. The Morgan fingerprint density at radius 3 is 2.75 bits per heavy atom. The molecule has 2 heterocycles. The van der Waals surface area contributed by atoms with Crippen molar-refractivity contribution in [2.24, 2.45) is 0 Å². The molecule has 1 aromatic carbocycles. The average molecular weight is 454 g/mol. The molecular formula is C24H31N5O2S. The van der Waals surface area contributed by atoms with Crippen LogP contribution in [0.5, 0.6) is 0 Å². The third-order valence-corrected chi connectivity index (χ3v) is 7.03. The van der Waals surface area contributed by atoms with Crippen molar-refractivity contribution in [3.05, 3.63) is 46.7 Å². The first kappa shape index (κ1) is 22.5. The number of thiophene rings is 1. The van der Waals surface area contributed by atoms with E-state index in [0.717, 1.165) is 54.4 Å². The van der Waals surface area contributed by atoms with Gasteiger partial charge in [-0.05, 0) is 42.8 Å². The lowest BCUT2D eigenvalue weighted by Crippen LogP contribution is -2.48. The monoisotopic (exact) mass is 453 g/mol. The molecule has 3 aromatic rings.